The predicted octanol–water partition coefficient (Wildman–Crippen LogP) is 3.09. The first-order valence-corrected chi connectivity index (χ1v) is 4.78. The molecule has 72 valence electrons. The van der Waals surface area contributed by atoms with Gasteiger partial charge in [-0.25, -0.2) is 0 Å². The fourth-order valence-electron chi connectivity index (χ4n) is 1.61. The maximum absolute atomic E-state index is 6.11. The van der Waals surface area contributed by atoms with Gasteiger partial charge in [-0.05, 0) is 37.6 Å². The molecule has 0 radical (unpaired) electrons. The van der Waals surface area contributed by atoms with Gasteiger partial charge in [-0.2, -0.15) is 0 Å². The Morgan fingerprint density at radius 1 is 1.21 bits per heavy atom. The highest BCUT2D eigenvalue weighted by atomic mass is 35.5. The molecule has 0 aliphatic carbocycles. The molecule has 2 nitrogen and oxygen atoms in total. The zero-order valence-electron chi connectivity index (χ0n) is 8.13. The summed E-state index contributed by atoms with van der Waals surface area (Å²) >= 11 is 6.11. The van der Waals surface area contributed by atoms with Gasteiger partial charge in [0.05, 0.1) is 10.5 Å². The van der Waals surface area contributed by atoms with Crippen LogP contribution in [0.15, 0.2) is 18.2 Å². The lowest BCUT2D eigenvalue weighted by Crippen LogP contribution is -1.91. The molecule has 2 rings (SSSR count). The number of nitrogens with two attached hydrogens (primary N) is 1. The fourth-order valence-corrected chi connectivity index (χ4v) is 1.91. The minimum absolute atomic E-state index is 0.711. The van der Waals surface area contributed by atoms with E-state index in [4.69, 9.17) is 17.3 Å². The van der Waals surface area contributed by atoms with Gasteiger partial charge in [-0.1, -0.05) is 11.6 Å². The second-order valence-electron chi connectivity index (χ2n) is 3.48. The van der Waals surface area contributed by atoms with Gasteiger partial charge in [0.2, 0.25) is 0 Å². The summed E-state index contributed by atoms with van der Waals surface area (Å²) < 4.78 is 0. The van der Waals surface area contributed by atoms with Crippen LogP contribution in [0.5, 0.6) is 0 Å². The third-order valence-corrected chi connectivity index (χ3v) is 2.52. The van der Waals surface area contributed by atoms with Crippen LogP contribution in [-0.4, -0.2) is 4.98 Å². The summed E-state index contributed by atoms with van der Waals surface area (Å²) in [5.74, 6) is 0. The van der Waals surface area contributed by atoms with Crippen molar-refractivity contribution in [2.24, 2.45) is 0 Å². The smallest absolute Gasteiger partial charge is 0.0750 e. The average Bonchev–Trinajstić information content (AvgIpc) is 2.07. The molecule has 0 spiro atoms. The van der Waals surface area contributed by atoms with Gasteiger partial charge in [0.25, 0.3) is 0 Å². The summed E-state index contributed by atoms with van der Waals surface area (Å²) in [5, 5.41) is 1.64. The lowest BCUT2D eigenvalue weighted by molar-refractivity contribution is 1.24. The molecule has 0 unspecified atom stereocenters. The van der Waals surface area contributed by atoms with Crippen LogP contribution in [-0.2, 0) is 0 Å². The number of fused-ring (bicyclic) bond motifs is 1. The van der Waals surface area contributed by atoms with Gasteiger partial charge < -0.3 is 5.73 Å². The Labute approximate surface area is 87.7 Å². The van der Waals surface area contributed by atoms with Gasteiger partial charge in [0.15, 0.2) is 0 Å². The standard InChI is InChI=1S/C11H11ClN2/c1-6-3-8(13)5-9-10(12)4-7(2)14-11(6)9/h3-5H,13H2,1-2H3. The average molecular weight is 207 g/mol. The van der Waals surface area contributed by atoms with Crippen molar-refractivity contribution in [3.05, 3.63) is 34.5 Å². The highest BCUT2D eigenvalue weighted by Gasteiger charge is 2.05. The molecule has 0 aliphatic rings. The van der Waals surface area contributed by atoms with Gasteiger partial charge >= 0.3 is 0 Å². The van der Waals surface area contributed by atoms with Crippen molar-refractivity contribution < 1.29 is 0 Å². The van der Waals surface area contributed by atoms with E-state index >= 15 is 0 Å². The maximum Gasteiger partial charge on any atom is 0.0750 e. The molecule has 2 aromatic rings. The Morgan fingerprint density at radius 2 is 1.93 bits per heavy atom. The third kappa shape index (κ3) is 1.42. The van der Waals surface area contributed by atoms with Crippen molar-refractivity contribution in [1.29, 1.82) is 0 Å². The highest BCUT2D eigenvalue weighted by Crippen LogP contribution is 2.27. The first kappa shape index (κ1) is 9.28. The minimum Gasteiger partial charge on any atom is -0.399 e. The first-order valence-electron chi connectivity index (χ1n) is 4.41. The number of halogens is 1. The van der Waals surface area contributed by atoms with Crippen LogP contribution in [0, 0.1) is 13.8 Å². The van der Waals surface area contributed by atoms with E-state index in [-0.39, 0.29) is 0 Å². The van der Waals surface area contributed by atoms with E-state index in [1.54, 1.807) is 0 Å². The van der Waals surface area contributed by atoms with Crippen molar-refractivity contribution in [3.8, 4) is 0 Å². The van der Waals surface area contributed by atoms with E-state index in [0.29, 0.717) is 5.02 Å². The van der Waals surface area contributed by atoms with Gasteiger partial charge in [0, 0.05) is 16.8 Å². The normalized spacial score (nSPS) is 10.8. The first-order chi connectivity index (χ1) is 6.58. The van der Waals surface area contributed by atoms with Gasteiger partial charge in [-0.15, -0.1) is 0 Å². The van der Waals surface area contributed by atoms with Gasteiger partial charge in [-0.3, -0.25) is 4.98 Å². The van der Waals surface area contributed by atoms with Crippen LogP contribution in [0.4, 0.5) is 5.69 Å². The molecule has 2 N–H and O–H groups in total. The number of aromatic nitrogens is 1. The van der Waals surface area contributed by atoms with Crippen molar-refractivity contribution in [2.75, 3.05) is 5.73 Å². The maximum atomic E-state index is 6.11. The third-order valence-electron chi connectivity index (χ3n) is 2.20. The Hall–Kier alpha value is -1.28. The Morgan fingerprint density at radius 3 is 2.64 bits per heavy atom. The number of anilines is 1. The second kappa shape index (κ2) is 3.14. The van der Waals surface area contributed by atoms with Gasteiger partial charge in [0.1, 0.15) is 0 Å². The summed E-state index contributed by atoms with van der Waals surface area (Å²) in [6.07, 6.45) is 0. The van der Waals surface area contributed by atoms with Crippen molar-refractivity contribution in [2.45, 2.75) is 13.8 Å². The van der Waals surface area contributed by atoms with Crippen molar-refractivity contribution in [3.63, 3.8) is 0 Å². The van der Waals surface area contributed by atoms with Crippen LogP contribution in [0.1, 0.15) is 11.3 Å². The monoisotopic (exact) mass is 206 g/mol. The highest BCUT2D eigenvalue weighted by molar-refractivity contribution is 6.35. The number of nitrogen functional groups attached to an aromatic ring is 1. The Balaban J connectivity index is 2.94. The van der Waals surface area contributed by atoms with E-state index in [9.17, 15) is 0 Å². The van der Waals surface area contributed by atoms with E-state index in [1.165, 1.54) is 0 Å². The van der Waals surface area contributed by atoms with Crippen LogP contribution < -0.4 is 5.73 Å². The van der Waals surface area contributed by atoms with E-state index in [1.807, 2.05) is 32.0 Å². The zero-order chi connectivity index (χ0) is 10.3. The topological polar surface area (TPSA) is 38.9 Å². The summed E-state index contributed by atoms with van der Waals surface area (Å²) in [7, 11) is 0. The molecular weight excluding hydrogens is 196 g/mol. The van der Waals surface area contributed by atoms with Crippen molar-refractivity contribution in [1.82, 2.24) is 4.98 Å². The van der Waals surface area contributed by atoms with Crippen LogP contribution >= 0.6 is 11.6 Å². The van der Waals surface area contributed by atoms with Crippen LogP contribution in [0.25, 0.3) is 10.9 Å². The number of nitrogens with zero attached hydrogens (tertiary/aromatic N) is 1. The number of benzene rings is 1. The summed E-state index contributed by atoms with van der Waals surface area (Å²) in [6.45, 7) is 3.92. The number of pyridine rings is 1. The largest absolute Gasteiger partial charge is 0.399 e. The zero-order valence-corrected chi connectivity index (χ0v) is 8.89. The minimum atomic E-state index is 0.711. The molecule has 1 aromatic heterocycles. The van der Waals surface area contributed by atoms with E-state index in [2.05, 4.69) is 4.98 Å². The molecule has 3 heteroatoms. The molecule has 14 heavy (non-hydrogen) atoms. The van der Waals surface area contributed by atoms with E-state index in [0.717, 1.165) is 27.8 Å². The fraction of sp³-hybridized carbons (Fsp3) is 0.182. The van der Waals surface area contributed by atoms with Crippen LogP contribution in [0.3, 0.4) is 0 Å². The summed E-state index contributed by atoms with van der Waals surface area (Å²) in [6, 6.07) is 5.62. The van der Waals surface area contributed by atoms with Crippen LogP contribution in [0.2, 0.25) is 5.02 Å². The molecule has 1 heterocycles. The SMILES string of the molecule is Cc1cc(Cl)c2cc(N)cc(C)c2n1. The number of aryl methyl sites for hydroxylation is 2. The molecule has 0 amide bonds. The molecule has 0 fully saturated rings. The summed E-state index contributed by atoms with van der Waals surface area (Å²) in [5.41, 5.74) is 9.39. The molecular formula is C11H11ClN2. The summed E-state index contributed by atoms with van der Waals surface area (Å²) in [4.78, 5) is 4.44. The Kier molecular flexibility index (Phi) is 2.08. The molecule has 0 saturated heterocycles. The molecule has 0 bridgehead atoms. The molecule has 0 aliphatic heterocycles. The Bertz CT molecular complexity index is 459. The number of hydrogen-bond acceptors (Lipinski definition) is 2. The molecule has 1 aromatic carbocycles. The number of rotatable bonds is 0. The predicted molar refractivity (Wildman–Crippen MR) is 60.6 cm³/mol. The number of hydrogen-bond donors (Lipinski definition) is 1. The quantitative estimate of drug-likeness (QED) is 0.673. The lowest BCUT2D eigenvalue weighted by atomic mass is 10.1. The van der Waals surface area contributed by atoms with E-state index < -0.39 is 0 Å². The second-order valence-corrected chi connectivity index (χ2v) is 3.89. The van der Waals surface area contributed by atoms with Crippen molar-refractivity contribution >= 4 is 28.2 Å². The lowest BCUT2D eigenvalue weighted by Gasteiger charge is -2.06. The molecule has 0 saturated carbocycles. The molecule has 0 atom stereocenters.